The van der Waals surface area contributed by atoms with Crippen molar-refractivity contribution in [3.63, 3.8) is 0 Å². The van der Waals surface area contributed by atoms with Crippen LogP contribution in [-0.2, 0) is 4.79 Å². The zero-order valence-corrected chi connectivity index (χ0v) is 16.6. The van der Waals surface area contributed by atoms with Crippen LogP contribution in [0, 0.1) is 18.8 Å². The van der Waals surface area contributed by atoms with E-state index in [9.17, 15) is 9.18 Å². The number of rotatable bonds is 6. The largest absolute Gasteiger partial charge is 1.00 e. The summed E-state index contributed by atoms with van der Waals surface area (Å²) in [6.07, 6.45) is 8.39. The molecule has 1 saturated heterocycles. The smallest absolute Gasteiger partial charge is 0.419 e. The molecule has 1 atom stereocenters. The van der Waals surface area contributed by atoms with Crippen LogP contribution in [0.4, 0.5) is 4.39 Å². The Morgan fingerprint density at radius 3 is 2.81 bits per heavy atom. The minimum atomic E-state index is -0.317. The molecular weight excluding hydrogens is 353 g/mol. The normalized spacial score (nSPS) is 17.0. The van der Waals surface area contributed by atoms with Crippen molar-refractivity contribution >= 4 is 33.2 Å². The summed E-state index contributed by atoms with van der Waals surface area (Å²) >= 11 is 2.55. The first-order valence-corrected chi connectivity index (χ1v) is 9.13. The SMILES string of the molecule is [CH2-]C(CN1CCC(n2c[c]([Al])nn2)CC1)c1[c-]c(/C=C\[C-]=O)ccc1F.[Li+]. The fourth-order valence-corrected chi connectivity index (χ4v) is 3.47. The Kier molecular flexibility index (Phi) is 8.48. The fraction of sp³-hybridized carbons (Fsp3) is 0.368. The van der Waals surface area contributed by atoms with Crippen molar-refractivity contribution in [2.45, 2.75) is 24.8 Å². The van der Waals surface area contributed by atoms with E-state index in [0.29, 0.717) is 23.7 Å². The zero-order valence-electron chi connectivity index (χ0n) is 15.4. The fourth-order valence-electron chi connectivity index (χ4n) is 3.27. The van der Waals surface area contributed by atoms with Crippen molar-refractivity contribution in [1.82, 2.24) is 19.9 Å². The van der Waals surface area contributed by atoms with Gasteiger partial charge in [-0.25, -0.2) is 6.08 Å². The number of hydrogen-bond acceptors (Lipinski definition) is 4. The summed E-state index contributed by atoms with van der Waals surface area (Å²) in [6.45, 7) is 6.60. The molecule has 1 aliphatic heterocycles. The predicted octanol–water partition coefficient (Wildman–Crippen LogP) is -1.61. The number of halogens is 1. The van der Waals surface area contributed by atoms with Gasteiger partial charge in [0, 0.05) is 25.1 Å². The van der Waals surface area contributed by atoms with E-state index >= 15 is 0 Å². The second-order valence-electron chi connectivity index (χ2n) is 6.48. The van der Waals surface area contributed by atoms with Crippen LogP contribution in [0.2, 0.25) is 0 Å². The van der Waals surface area contributed by atoms with Crippen LogP contribution in [0.25, 0.3) is 6.08 Å². The first kappa shape index (κ1) is 22.1. The molecule has 0 spiro atoms. The second kappa shape index (κ2) is 10.4. The maximum absolute atomic E-state index is 14.2. The van der Waals surface area contributed by atoms with E-state index in [4.69, 9.17) is 0 Å². The van der Waals surface area contributed by atoms with Crippen molar-refractivity contribution < 1.29 is 28.0 Å². The third-order valence-corrected chi connectivity index (χ3v) is 4.89. The number of likely N-dealkylation sites (tertiary alicyclic amines) is 1. The van der Waals surface area contributed by atoms with E-state index in [0.717, 1.165) is 30.5 Å². The van der Waals surface area contributed by atoms with Crippen LogP contribution >= 0.6 is 0 Å². The molecule has 134 valence electrons. The van der Waals surface area contributed by atoms with E-state index < -0.39 is 0 Å². The Hall–Kier alpha value is -1.21. The summed E-state index contributed by atoms with van der Waals surface area (Å²) in [7, 11) is 0. The first-order valence-electron chi connectivity index (χ1n) is 8.55. The summed E-state index contributed by atoms with van der Waals surface area (Å²) in [5.74, 6) is -0.548. The Morgan fingerprint density at radius 1 is 1.44 bits per heavy atom. The van der Waals surface area contributed by atoms with Gasteiger partial charge in [0.25, 0.3) is 0 Å². The summed E-state index contributed by atoms with van der Waals surface area (Å²) in [6, 6.07) is 6.36. The van der Waals surface area contributed by atoms with Gasteiger partial charge < -0.3 is 16.6 Å². The van der Waals surface area contributed by atoms with E-state index in [1.807, 2.05) is 10.9 Å². The van der Waals surface area contributed by atoms with Gasteiger partial charge in [-0.1, -0.05) is 5.21 Å². The number of carbonyl (C=O) groups excluding carboxylic acids is 1. The van der Waals surface area contributed by atoms with E-state index in [-0.39, 0.29) is 30.6 Å². The first-order chi connectivity index (χ1) is 12.6. The van der Waals surface area contributed by atoms with Crippen LogP contribution in [0.5, 0.6) is 0 Å². The molecule has 2 aromatic rings. The van der Waals surface area contributed by atoms with E-state index in [1.54, 1.807) is 18.4 Å². The van der Waals surface area contributed by atoms with Crippen molar-refractivity contribution in [2.24, 2.45) is 0 Å². The van der Waals surface area contributed by atoms with E-state index in [2.05, 4.69) is 44.5 Å². The Bertz CT molecular complexity index is 790. The van der Waals surface area contributed by atoms with Gasteiger partial charge in [0.1, 0.15) is 0 Å². The van der Waals surface area contributed by atoms with Gasteiger partial charge in [-0.3, -0.25) is 9.07 Å². The molecule has 3 rings (SSSR count). The quantitative estimate of drug-likeness (QED) is 0.348. The zero-order chi connectivity index (χ0) is 18.5. The summed E-state index contributed by atoms with van der Waals surface area (Å²) in [5, 5.41) is 8.16. The summed E-state index contributed by atoms with van der Waals surface area (Å²) in [4.78, 5) is 12.6. The molecule has 8 heteroatoms. The Balaban J connectivity index is 0.00000261. The number of piperidine rings is 1. The van der Waals surface area contributed by atoms with Gasteiger partial charge in [0.05, 0.1) is 6.04 Å². The van der Waals surface area contributed by atoms with Crippen molar-refractivity contribution in [3.05, 3.63) is 54.3 Å². The molecule has 0 N–H and O–H groups in total. The van der Waals surface area contributed by atoms with Gasteiger partial charge in [-0.2, -0.15) is 22.8 Å². The Morgan fingerprint density at radius 2 is 2.19 bits per heavy atom. The molecular formula is C19H19AlFLiN4O-2. The van der Waals surface area contributed by atoms with E-state index in [1.165, 1.54) is 12.1 Å². The number of allylic oxidation sites excluding steroid dienone is 1. The molecule has 0 amide bonds. The van der Waals surface area contributed by atoms with Crippen LogP contribution < -0.4 is 23.4 Å². The van der Waals surface area contributed by atoms with Crippen LogP contribution in [0.3, 0.4) is 0 Å². The molecule has 27 heavy (non-hydrogen) atoms. The molecule has 1 aromatic heterocycles. The molecule has 0 saturated carbocycles. The van der Waals surface area contributed by atoms with Crippen molar-refractivity contribution in [1.29, 1.82) is 0 Å². The average molecular weight is 372 g/mol. The molecule has 1 aliphatic rings. The molecule has 1 aromatic carbocycles. The third kappa shape index (κ3) is 5.88. The average Bonchev–Trinajstić information content (AvgIpc) is 3.08. The maximum Gasteiger partial charge on any atom is 1.00 e. The second-order valence-corrected chi connectivity index (χ2v) is 7.07. The van der Waals surface area contributed by atoms with Gasteiger partial charge >= 0.3 is 18.9 Å². The predicted molar refractivity (Wildman–Crippen MR) is 98.2 cm³/mol. The Labute approximate surface area is 179 Å². The number of nitrogens with zero attached hydrogens (tertiary/aromatic N) is 4. The standard InChI is InChI=1S/C19H19FN4O.Al.Li/c1-15(18-13-16(3-2-12-25)4-5-19(18)20)14-23-9-6-17(7-10-23)24-11-8-21-22-24;;/h2-5,11,15,17H,1,6-7,9-10,14H2;;/q-3;;+1/b3-2-;;. The van der Waals surface area contributed by atoms with Crippen LogP contribution in [0.15, 0.2) is 24.4 Å². The topological polar surface area (TPSA) is 51.0 Å². The monoisotopic (exact) mass is 372 g/mol. The van der Waals surface area contributed by atoms with Crippen LogP contribution in [-0.4, -0.2) is 62.1 Å². The number of hydrogen-bond donors (Lipinski definition) is 0. The third-order valence-electron chi connectivity index (χ3n) is 4.62. The maximum atomic E-state index is 14.2. The van der Waals surface area contributed by atoms with Gasteiger partial charge in [0.15, 0.2) is 0 Å². The molecule has 0 aliphatic carbocycles. The molecule has 1 unspecified atom stereocenters. The molecule has 2 radical (unpaired) electrons. The van der Waals surface area contributed by atoms with Crippen molar-refractivity contribution in [2.75, 3.05) is 19.6 Å². The molecule has 5 nitrogen and oxygen atoms in total. The summed E-state index contributed by atoms with van der Waals surface area (Å²) in [5.41, 5.74) is 1.10. The van der Waals surface area contributed by atoms with Gasteiger partial charge in [-0.15, -0.1) is 23.6 Å². The minimum absolute atomic E-state index is 0. The number of benzene rings is 1. The van der Waals surface area contributed by atoms with Gasteiger partial charge in [-0.05, 0) is 30.2 Å². The van der Waals surface area contributed by atoms with Gasteiger partial charge in [0.2, 0.25) is 16.3 Å². The molecule has 0 bridgehead atoms. The molecule has 2 heterocycles. The minimum Gasteiger partial charge on any atom is -0.419 e. The summed E-state index contributed by atoms with van der Waals surface area (Å²) < 4.78 is 16.9. The molecule has 1 fully saturated rings. The van der Waals surface area contributed by atoms with Crippen molar-refractivity contribution in [3.8, 4) is 0 Å². The number of aromatic nitrogens is 3. The van der Waals surface area contributed by atoms with Crippen LogP contribution in [0.1, 0.15) is 35.9 Å².